The van der Waals surface area contributed by atoms with Crippen molar-refractivity contribution < 1.29 is 4.79 Å². The van der Waals surface area contributed by atoms with Gasteiger partial charge in [-0.15, -0.1) is 6.58 Å². The summed E-state index contributed by atoms with van der Waals surface area (Å²) in [6, 6.07) is 1.10. The minimum absolute atomic E-state index is 0.00988. The van der Waals surface area contributed by atoms with Crippen molar-refractivity contribution >= 4 is 5.91 Å². The number of aromatic nitrogens is 2. The number of fused-ring (bicyclic) bond motifs is 1. The lowest BCUT2D eigenvalue weighted by atomic mass is 9.89. The van der Waals surface area contributed by atoms with Crippen molar-refractivity contribution in [1.29, 1.82) is 0 Å². The molecule has 5 nitrogen and oxygen atoms in total. The molecular weight excluding hydrogens is 324 g/mol. The van der Waals surface area contributed by atoms with Crippen LogP contribution in [0.3, 0.4) is 0 Å². The number of rotatable bonds is 5. The summed E-state index contributed by atoms with van der Waals surface area (Å²) in [5, 5.41) is 8.56. The van der Waals surface area contributed by atoms with Crippen molar-refractivity contribution in [2.24, 2.45) is 0 Å². The molecule has 1 atom stereocenters. The van der Waals surface area contributed by atoms with Gasteiger partial charge in [0, 0.05) is 37.4 Å². The van der Waals surface area contributed by atoms with Crippen molar-refractivity contribution in [1.82, 2.24) is 20.0 Å². The molecule has 26 heavy (non-hydrogen) atoms. The number of nitrogens with zero attached hydrogens (tertiary/aromatic N) is 3. The van der Waals surface area contributed by atoms with E-state index < -0.39 is 0 Å². The highest BCUT2D eigenvalue weighted by Crippen LogP contribution is 2.27. The molecule has 2 aliphatic rings. The maximum absolute atomic E-state index is 12.6. The number of hydrogen-bond acceptors (Lipinski definition) is 3. The Morgan fingerprint density at radius 3 is 2.54 bits per heavy atom. The van der Waals surface area contributed by atoms with Crippen LogP contribution >= 0.6 is 0 Å². The maximum atomic E-state index is 12.6. The lowest BCUT2D eigenvalue weighted by Crippen LogP contribution is -2.42. The fraction of sp³-hybridized carbons (Fsp3) is 0.714. The molecule has 3 rings (SSSR count). The van der Waals surface area contributed by atoms with Gasteiger partial charge in [-0.05, 0) is 32.1 Å². The van der Waals surface area contributed by atoms with E-state index in [0.29, 0.717) is 24.3 Å². The summed E-state index contributed by atoms with van der Waals surface area (Å²) >= 11 is 0. The standard InChI is InChI=1S/C21H34N4O/c1-4-14-25-19-13-12-17(22-16-10-8-6-5-7-9-11-16)15-18(19)20(23-25)21(26)24(2)3/h4,16-17,22H,1,5-15H2,2-3H3. The average molecular weight is 359 g/mol. The van der Waals surface area contributed by atoms with Crippen LogP contribution in [0.5, 0.6) is 0 Å². The third-order valence-corrected chi connectivity index (χ3v) is 5.83. The van der Waals surface area contributed by atoms with E-state index >= 15 is 0 Å². The zero-order chi connectivity index (χ0) is 18.5. The van der Waals surface area contributed by atoms with E-state index in [9.17, 15) is 4.79 Å². The fourth-order valence-electron chi connectivity index (χ4n) is 4.44. The van der Waals surface area contributed by atoms with Crippen LogP contribution < -0.4 is 5.32 Å². The summed E-state index contributed by atoms with van der Waals surface area (Å²) < 4.78 is 1.98. The number of carbonyl (C=O) groups excluding carboxylic acids is 1. The van der Waals surface area contributed by atoms with Crippen molar-refractivity contribution in [3.05, 3.63) is 29.6 Å². The van der Waals surface area contributed by atoms with Crippen LogP contribution in [0.15, 0.2) is 12.7 Å². The molecule has 1 fully saturated rings. The highest BCUT2D eigenvalue weighted by atomic mass is 16.2. The molecule has 2 aliphatic carbocycles. The van der Waals surface area contributed by atoms with Gasteiger partial charge >= 0.3 is 0 Å². The van der Waals surface area contributed by atoms with Crippen molar-refractivity contribution in [3.63, 3.8) is 0 Å². The number of nitrogens with one attached hydrogen (secondary N) is 1. The molecule has 5 heteroatoms. The highest BCUT2D eigenvalue weighted by molar-refractivity contribution is 5.93. The lowest BCUT2D eigenvalue weighted by molar-refractivity contribution is 0.0820. The smallest absolute Gasteiger partial charge is 0.274 e. The Labute approximate surface area is 157 Å². The summed E-state index contributed by atoms with van der Waals surface area (Å²) in [5.74, 6) is 0.00988. The topological polar surface area (TPSA) is 50.2 Å². The first-order chi connectivity index (χ1) is 12.6. The fourth-order valence-corrected chi connectivity index (χ4v) is 4.44. The summed E-state index contributed by atoms with van der Waals surface area (Å²) in [4.78, 5) is 14.2. The maximum Gasteiger partial charge on any atom is 0.274 e. The van der Waals surface area contributed by atoms with Crippen LogP contribution in [0.2, 0.25) is 0 Å². The Hall–Kier alpha value is -1.62. The number of hydrogen-bond donors (Lipinski definition) is 1. The average Bonchev–Trinajstić information content (AvgIpc) is 2.95. The quantitative estimate of drug-likeness (QED) is 0.822. The molecule has 1 saturated carbocycles. The second-order valence-electron chi connectivity index (χ2n) is 8.09. The minimum atomic E-state index is 0.00988. The van der Waals surface area contributed by atoms with Gasteiger partial charge in [0.05, 0.1) is 6.54 Å². The van der Waals surface area contributed by atoms with E-state index in [4.69, 9.17) is 0 Å². The predicted octanol–water partition coefficient (Wildman–Crippen LogP) is 3.33. The summed E-state index contributed by atoms with van der Waals surface area (Å²) in [7, 11) is 3.60. The molecule has 144 valence electrons. The molecule has 1 unspecified atom stereocenters. The Morgan fingerprint density at radius 1 is 1.19 bits per heavy atom. The van der Waals surface area contributed by atoms with E-state index in [-0.39, 0.29) is 5.91 Å². The van der Waals surface area contributed by atoms with Gasteiger partial charge in [-0.3, -0.25) is 9.48 Å². The number of carbonyl (C=O) groups is 1. The van der Waals surface area contributed by atoms with Crippen LogP contribution in [0.1, 0.15) is 73.1 Å². The van der Waals surface area contributed by atoms with Crippen molar-refractivity contribution in [2.75, 3.05) is 14.1 Å². The Bertz CT molecular complexity index is 626. The molecule has 1 aromatic heterocycles. The monoisotopic (exact) mass is 358 g/mol. The normalized spacial score (nSPS) is 21.5. The third-order valence-electron chi connectivity index (χ3n) is 5.83. The summed E-state index contributed by atoms with van der Waals surface area (Å²) in [5.41, 5.74) is 3.02. The first kappa shape index (κ1) is 19.2. The molecular formula is C21H34N4O. The first-order valence-corrected chi connectivity index (χ1v) is 10.3. The zero-order valence-corrected chi connectivity index (χ0v) is 16.5. The van der Waals surface area contributed by atoms with E-state index in [2.05, 4.69) is 17.0 Å². The van der Waals surface area contributed by atoms with Gasteiger partial charge in [-0.2, -0.15) is 5.10 Å². The number of amides is 1. The molecule has 1 amide bonds. The first-order valence-electron chi connectivity index (χ1n) is 10.3. The van der Waals surface area contributed by atoms with E-state index in [1.165, 1.54) is 50.6 Å². The highest BCUT2D eigenvalue weighted by Gasteiger charge is 2.30. The minimum Gasteiger partial charge on any atom is -0.343 e. The van der Waals surface area contributed by atoms with Crippen LogP contribution in [0.25, 0.3) is 0 Å². The van der Waals surface area contributed by atoms with Crippen LogP contribution in [-0.4, -0.2) is 46.8 Å². The molecule has 0 aromatic carbocycles. The molecule has 1 N–H and O–H groups in total. The predicted molar refractivity (Wildman–Crippen MR) is 105 cm³/mol. The van der Waals surface area contributed by atoms with Crippen molar-refractivity contribution in [3.8, 4) is 0 Å². The lowest BCUT2D eigenvalue weighted by Gasteiger charge is -2.30. The van der Waals surface area contributed by atoms with E-state index in [1.807, 2.05) is 10.8 Å². The van der Waals surface area contributed by atoms with Gasteiger partial charge < -0.3 is 10.2 Å². The second-order valence-corrected chi connectivity index (χ2v) is 8.09. The molecule has 0 spiro atoms. The zero-order valence-electron chi connectivity index (χ0n) is 16.5. The van der Waals surface area contributed by atoms with Gasteiger partial charge in [0.15, 0.2) is 5.69 Å². The van der Waals surface area contributed by atoms with E-state index in [0.717, 1.165) is 24.8 Å². The Morgan fingerprint density at radius 2 is 1.88 bits per heavy atom. The second kappa shape index (κ2) is 8.85. The Kier molecular flexibility index (Phi) is 6.52. The van der Waals surface area contributed by atoms with Gasteiger partial charge in [0.2, 0.25) is 0 Å². The molecule has 1 aromatic rings. The molecule has 0 saturated heterocycles. The third kappa shape index (κ3) is 4.37. The largest absolute Gasteiger partial charge is 0.343 e. The number of allylic oxidation sites excluding steroid dienone is 1. The van der Waals surface area contributed by atoms with Gasteiger partial charge in [-0.1, -0.05) is 38.2 Å². The van der Waals surface area contributed by atoms with Crippen LogP contribution in [-0.2, 0) is 19.4 Å². The van der Waals surface area contributed by atoms with Crippen LogP contribution in [0.4, 0.5) is 0 Å². The van der Waals surface area contributed by atoms with Gasteiger partial charge in [0.1, 0.15) is 0 Å². The van der Waals surface area contributed by atoms with Crippen molar-refractivity contribution in [2.45, 2.75) is 82.8 Å². The van der Waals surface area contributed by atoms with Gasteiger partial charge in [-0.25, -0.2) is 0 Å². The molecule has 0 radical (unpaired) electrons. The summed E-state index contributed by atoms with van der Waals surface area (Å²) in [6.45, 7) is 4.50. The van der Waals surface area contributed by atoms with Crippen LogP contribution in [0, 0.1) is 0 Å². The molecule has 0 aliphatic heterocycles. The molecule has 0 bridgehead atoms. The van der Waals surface area contributed by atoms with E-state index in [1.54, 1.807) is 19.0 Å². The molecule has 1 heterocycles. The summed E-state index contributed by atoms with van der Waals surface area (Å²) in [6.07, 6.45) is 14.3. The SMILES string of the molecule is C=CCn1nc(C(=O)N(C)C)c2c1CCC(NC1CCCCCCC1)C2. The Balaban J connectivity index is 1.75. The van der Waals surface area contributed by atoms with Gasteiger partial charge in [0.25, 0.3) is 5.91 Å².